The van der Waals surface area contributed by atoms with Crippen molar-refractivity contribution >= 4 is 16.8 Å². The van der Waals surface area contributed by atoms with E-state index < -0.39 is 6.10 Å². The molecule has 1 saturated heterocycles. The SMILES string of the molecule is Cc1ccc2c(OCC(=O)N3CC[C@H](O)C3)ccnc2c1. The molecule has 1 fully saturated rings. The Hall–Kier alpha value is -2.14. The van der Waals surface area contributed by atoms with E-state index in [1.165, 1.54) is 0 Å². The van der Waals surface area contributed by atoms with Crippen molar-refractivity contribution < 1.29 is 14.6 Å². The van der Waals surface area contributed by atoms with Crippen molar-refractivity contribution in [2.24, 2.45) is 0 Å². The molecule has 1 aromatic heterocycles. The van der Waals surface area contributed by atoms with Crippen molar-refractivity contribution in [3.63, 3.8) is 0 Å². The fraction of sp³-hybridized carbons (Fsp3) is 0.375. The standard InChI is InChI=1S/C16H18N2O3/c1-11-2-3-13-14(8-11)17-6-4-15(13)21-10-16(20)18-7-5-12(19)9-18/h2-4,6,8,12,19H,5,7,9-10H2,1H3/t12-/m0/s1. The van der Waals surface area contributed by atoms with E-state index in [0.29, 0.717) is 25.3 Å². The Kier molecular flexibility index (Phi) is 3.75. The smallest absolute Gasteiger partial charge is 0.260 e. The zero-order valence-electron chi connectivity index (χ0n) is 12.0. The van der Waals surface area contributed by atoms with Crippen LogP contribution in [0.3, 0.4) is 0 Å². The van der Waals surface area contributed by atoms with Gasteiger partial charge < -0.3 is 14.7 Å². The van der Waals surface area contributed by atoms with Gasteiger partial charge in [-0.05, 0) is 37.1 Å². The molecule has 1 aromatic carbocycles. The summed E-state index contributed by atoms with van der Waals surface area (Å²) in [7, 11) is 0. The fourth-order valence-corrected chi connectivity index (χ4v) is 2.56. The molecular formula is C16H18N2O3. The Morgan fingerprint density at radius 1 is 1.48 bits per heavy atom. The Labute approximate surface area is 123 Å². The van der Waals surface area contributed by atoms with E-state index in [1.54, 1.807) is 17.2 Å². The number of likely N-dealkylation sites (tertiary alicyclic amines) is 1. The predicted octanol–water partition coefficient (Wildman–Crippen LogP) is 1.52. The number of aromatic nitrogens is 1. The zero-order chi connectivity index (χ0) is 14.8. The van der Waals surface area contributed by atoms with Gasteiger partial charge in [0.1, 0.15) is 5.75 Å². The number of carbonyl (C=O) groups is 1. The third-order valence-electron chi connectivity index (χ3n) is 3.73. The molecule has 5 heteroatoms. The number of benzene rings is 1. The first-order valence-corrected chi connectivity index (χ1v) is 7.07. The highest BCUT2D eigenvalue weighted by molar-refractivity contribution is 5.86. The van der Waals surface area contributed by atoms with E-state index in [0.717, 1.165) is 16.5 Å². The summed E-state index contributed by atoms with van der Waals surface area (Å²) in [5.74, 6) is 0.566. The normalized spacial score (nSPS) is 18.2. The number of ether oxygens (including phenoxy) is 1. The van der Waals surface area contributed by atoms with E-state index in [1.807, 2.05) is 25.1 Å². The topological polar surface area (TPSA) is 62.7 Å². The van der Waals surface area contributed by atoms with Crippen LogP contribution in [0.2, 0.25) is 0 Å². The number of pyridine rings is 1. The van der Waals surface area contributed by atoms with Crippen LogP contribution in [0.5, 0.6) is 5.75 Å². The molecule has 0 spiro atoms. The molecule has 0 bridgehead atoms. The molecule has 0 aliphatic carbocycles. The van der Waals surface area contributed by atoms with Crippen molar-refractivity contribution in [1.82, 2.24) is 9.88 Å². The maximum absolute atomic E-state index is 12.0. The number of fused-ring (bicyclic) bond motifs is 1. The lowest BCUT2D eigenvalue weighted by Crippen LogP contribution is -2.33. The fourth-order valence-electron chi connectivity index (χ4n) is 2.56. The minimum atomic E-state index is -0.404. The third-order valence-corrected chi connectivity index (χ3v) is 3.73. The van der Waals surface area contributed by atoms with Crippen molar-refractivity contribution in [3.8, 4) is 5.75 Å². The number of aryl methyl sites for hydroxylation is 1. The van der Waals surface area contributed by atoms with Crippen molar-refractivity contribution in [2.45, 2.75) is 19.4 Å². The summed E-state index contributed by atoms with van der Waals surface area (Å²) in [6.07, 6.45) is 1.92. The second-order valence-electron chi connectivity index (χ2n) is 5.40. The van der Waals surface area contributed by atoms with Crippen LogP contribution in [0.1, 0.15) is 12.0 Å². The largest absolute Gasteiger partial charge is 0.483 e. The van der Waals surface area contributed by atoms with Crippen molar-refractivity contribution in [1.29, 1.82) is 0 Å². The molecule has 2 aromatic rings. The van der Waals surface area contributed by atoms with Crippen LogP contribution in [0.4, 0.5) is 0 Å². The number of nitrogens with zero attached hydrogens (tertiary/aromatic N) is 2. The minimum Gasteiger partial charge on any atom is -0.483 e. The second kappa shape index (κ2) is 5.69. The highest BCUT2D eigenvalue weighted by atomic mass is 16.5. The van der Waals surface area contributed by atoms with E-state index in [9.17, 15) is 9.90 Å². The van der Waals surface area contributed by atoms with Crippen LogP contribution in [-0.4, -0.2) is 46.7 Å². The number of hydrogen-bond donors (Lipinski definition) is 1. The van der Waals surface area contributed by atoms with Crippen molar-refractivity contribution in [2.75, 3.05) is 19.7 Å². The summed E-state index contributed by atoms with van der Waals surface area (Å²) in [6, 6.07) is 7.71. The van der Waals surface area contributed by atoms with Crippen LogP contribution in [0.25, 0.3) is 10.9 Å². The first kappa shape index (κ1) is 13.8. The molecular weight excluding hydrogens is 268 g/mol. The van der Waals surface area contributed by atoms with Crippen molar-refractivity contribution in [3.05, 3.63) is 36.0 Å². The average Bonchev–Trinajstić information content (AvgIpc) is 2.91. The van der Waals surface area contributed by atoms with Gasteiger partial charge in [-0.3, -0.25) is 9.78 Å². The lowest BCUT2D eigenvalue weighted by molar-refractivity contribution is -0.132. The summed E-state index contributed by atoms with van der Waals surface area (Å²) < 4.78 is 5.66. The van der Waals surface area contributed by atoms with Gasteiger partial charge in [-0.1, -0.05) is 6.07 Å². The zero-order valence-corrected chi connectivity index (χ0v) is 12.0. The van der Waals surface area contributed by atoms with E-state index in [4.69, 9.17) is 4.74 Å². The first-order chi connectivity index (χ1) is 10.1. The molecule has 1 amide bonds. The van der Waals surface area contributed by atoms with Crippen LogP contribution in [-0.2, 0) is 4.79 Å². The molecule has 0 saturated carbocycles. The van der Waals surface area contributed by atoms with Crippen LogP contribution in [0.15, 0.2) is 30.5 Å². The molecule has 1 aliphatic rings. The van der Waals surface area contributed by atoms with Gasteiger partial charge in [0.2, 0.25) is 0 Å². The van der Waals surface area contributed by atoms with Crippen LogP contribution in [0, 0.1) is 6.92 Å². The molecule has 5 nitrogen and oxygen atoms in total. The lowest BCUT2D eigenvalue weighted by atomic mass is 10.1. The molecule has 1 atom stereocenters. The molecule has 21 heavy (non-hydrogen) atoms. The molecule has 3 rings (SSSR count). The number of rotatable bonds is 3. The molecule has 0 unspecified atom stereocenters. The number of hydrogen-bond acceptors (Lipinski definition) is 4. The van der Waals surface area contributed by atoms with Crippen LogP contribution < -0.4 is 4.74 Å². The van der Waals surface area contributed by atoms with E-state index in [-0.39, 0.29) is 12.5 Å². The van der Waals surface area contributed by atoms with E-state index >= 15 is 0 Å². The highest BCUT2D eigenvalue weighted by Gasteiger charge is 2.24. The Morgan fingerprint density at radius 3 is 3.10 bits per heavy atom. The summed E-state index contributed by atoms with van der Waals surface area (Å²) in [4.78, 5) is 18.0. The number of amides is 1. The summed E-state index contributed by atoms with van der Waals surface area (Å²) in [5.41, 5.74) is 1.99. The van der Waals surface area contributed by atoms with Gasteiger partial charge in [0.05, 0.1) is 11.6 Å². The van der Waals surface area contributed by atoms with Gasteiger partial charge in [-0.2, -0.15) is 0 Å². The first-order valence-electron chi connectivity index (χ1n) is 7.07. The van der Waals surface area contributed by atoms with Gasteiger partial charge in [0.25, 0.3) is 5.91 Å². The lowest BCUT2D eigenvalue weighted by Gasteiger charge is -2.16. The number of β-amino-alcohol motifs (C(OH)–C–C–N with tert-alkyl or cyclic N) is 1. The Balaban J connectivity index is 1.72. The molecule has 2 heterocycles. The summed E-state index contributed by atoms with van der Waals surface area (Å²) >= 11 is 0. The maximum Gasteiger partial charge on any atom is 0.260 e. The monoisotopic (exact) mass is 286 g/mol. The third kappa shape index (κ3) is 2.97. The number of aliphatic hydroxyl groups is 1. The quantitative estimate of drug-likeness (QED) is 0.929. The van der Waals surface area contributed by atoms with Gasteiger partial charge in [-0.15, -0.1) is 0 Å². The highest BCUT2D eigenvalue weighted by Crippen LogP contribution is 2.24. The number of aliphatic hydroxyl groups excluding tert-OH is 1. The number of carbonyl (C=O) groups excluding carboxylic acids is 1. The van der Waals surface area contributed by atoms with Crippen LogP contribution >= 0.6 is 0 Å². The average molecular weight is 286 g/mol. The maximum atomic E-state index is 12.0. The van der Waals surface area contributed by atoms with Gasteiger partial charge in [-0.25, -0.2) is 0 Å². The molecule has 1 aliphatic heterocycles. The Morgan fingerprint density at radius 2 is 2.33 bits per heavy atom. The molecule has 110 valence electrons. The van der Waals surface area contributed by atoms with E-state index in [2.05, 4.69) is 4.98 Å². The molecule has 1 N–H and O–H groups in total. The van der Waals surface area contributed by atoms with Gasteiger partial charge in [0, 0.05) is 24.7 Å². The summed E-state index contributed by atoms with van der Waals surface area (Å²) in [5, 5.41) is 10.4. The van der Waals surface area contributed by atoms with Gasteiger partial charge >= 0.3 is 0 Å². The summed E-state index contributed by atoms with van der Waals surface area (Å²) in [6.45, 7) is 2.99. The Bertz CT molecular complexity index is 672. The molecule has 0 radical (unpaired) electrons. The predicted molar refractivity (Wildman–Crippen MR) is 79.2 cm³/mol. The minimum absolute atomic E-state index is 0.0142. The van der Waals surface area contributed by atoms with Gasteiger partial charge in [0.15, 0.2) is 6.61 Å². The second-order valence-corrected chi connectivity index (χ2v) is 5.40.